The summed E-state index contributed by atoms with van der Waals surface area (Å²) in [5.74, 6) is -0.422. The van der Waals surface area contributed by atoms with E-state index in [9.17, 15) is 12.8 Å². The Bertz CT molecular complexity index is 977. The molecule has 25 heavy (non-hydrogen) atoms. The van der Waals surface area contributed by atoms with Crippen LogP contribution in [-0.2, 0) is 16.6 Å². The number of halogens is 2. The highest BCUT2D eigenvalue weighted by molar-refractivity contribution is 7.92. The minimum atomic E-state index is -3.86. The molecule has 0 unspecified atom stereocenters. The van der Waals surface area contributed by atoms with E-state index in [-0.39, 0.29) is 11.4 Å². The van der Waals surface area contributed by atoms with Crippen LogP contribution in [0.15, 0.2) is 83.8 Å². The molecule has 0 aliphatic rings. The van der Waals surface area contributed by atoms with Crippen molar-refractivity contribution in [2.75, 3.05) is 4.31 Å². The second kappa shape index (κ2) is 7.25. The van der Waals surface area contributed by atoms with Crippen LogP contribution in [0.2, 0.25) is 5.02 Å². The Kier molecular flexibility index (Phi) is 5.06. The van der Waals surface area contributed by atoms with Gasteiger partial charge in [0.2, 0.25) is 0 Å². The summed E-state index contributed by atoms with van der Waals surface area (Å²) in [4.78, 5) is 0.145. The molecule has 0 fully saturated rings. The topological polar surface area (TPSA) is 37.4 Å². The molecule has 3 aromatic carbocycles. The summed E-state index contributed by atoms with van der Waals surface area (Å²) in [7, 11) is -3.86. The Morgan fingerprint density at radius 3 is 2.24 bits per heavy atom. The fourth-order valence-electron chi connectivity index (χ4n) is 2.47. The van der Waals surface area contributed by atoms with E-state index < -0.39 is 15.8 Å². The molecule has 0 amide bonds. The lowest BCUT2D eigenvalue weighted by Gasteiger charge is -2.25. The van der Waals surface area contributed by atoms with Crippen molar-refractivity contribution < 1.29 is 12.8 Å². The predicted octanol–water partition coefficient (Wildman–Crippen LogP) is 4.87. The largest absolute Gasteiger partial charge is 0.264 e. The monoisotopic (exact) mass is 375 g/mol. The molecule has 0 aromatic heterocycles. The predicted molar refractivity (Wildman–Crippen MR) is 97.7 cm³/mol. The molecular formula is C19H15ClFNO2S. The van der Waals surface area contributed by atoms with Gasteiger partial charge < -0.3 is 0 Å². The van der Waals surface area contributed by atoms with E-state index in [0.29, 0.717) is 16.3 Å². The summed E-state index contributed by atoms with van der Waals surface area (Å²) >= 11 is 6.23. The van der Waals surface area contributed by atoms with Crippen LogP contribution in [0.1, 0.15) is 5.56 Å². The highest BCUT2D eigenvalue weighted by atomic mass is 35.5. The molecule has 0 atom stereocenters. The van der Waals surface area contributed by atoms with Crippen LogP contribution in [0.5, 0.6) is 0 Å². The van der Waals surface area contributed by atoms with E-state index in [1.807, 2.05) is 0 Å². The fourth-order valence-corrected chi connectivity index (χ4v) is 4.26. The number of hydrogen-bond acceptors (Lipinski definition) is 2. The van der Waals surface area contributed by atoms with Crippen molar-refractivity contribution in [3.05, 3.63) is 95.3 Å². The van der Waals surface area contributed by atoms with E-state index >= 15 is 0 Å². The summed E-state index contributed by atoms with van der Waals surface area (Å²) < 4.78 is 41.0. The SMILES string of the molecule is O=S(=O)(c1ccccc1)N(Cc1cccc(F)c1)c1ccccc1Cl. The first-order valence-corrected chi connectivity index (χ1v) is 9.37. The summed E-state index contributed by atoms with van der Waals surface area (Å²) in [5, 5.41) is 0.304. The van der Waals surface area contributed by atoms with Gasteiger partial charge in [-0.05, 0) is 42.0 Å². The molecule has 0 bridgehead atoms. The molecule has 0 N–H and O–H groups in total. The zero-order chi connectivity index (χ0) is 17.9. The van der Waals surface area contributed by atoms with Crippen LogP contribution >= 0.6 is 11.6 Å². The number of hydrogen-bond donors (Lipinski definition) is 0. The molecule has 3 nitrogen and oxygen atoms in total. The molecule has 0 radical (unpaired) electrons. The van der Waals surface area contributed by atoms with Gasteiger partial charge in [0.25, 0.3) is 10.0 Å². The minimum Gasteiger partial charge on any atom is -0.260 e. The van der Waals surface area contributed by atoms with Gasteiger partial charge in [0.05, 0.1) is 22.2 Å². The lowest BCUT2D eigenvalue weighted by Crippen LogP contribution is -2.30. The van der Waals surface area contributed by atoms with E-state index in [1.54, 1.807) is 54.6 Å². The van der Waals surface area contributed by atoms with Crippen LogP contribution in [0, 0.1) is 5.82 Å². The van der Waals surface area contributed by atoms with E-state index in [2.05, 4.69) is 0 Å². The second-order valence-corrected chi connectivity index (χ2v) is 7.68. The molecule has 0 saturated carbocycles. The highest BCUT2D eigenvalue weighted by Crippen LogP contribution is 2.31. The Morgan fingerprint density at radius 1 is 0.880 bits per heavy atom. The third-order valence-corrected chi connectivity index (χ3v) is 5.76. The summed E-state index contributed by atoms with van der Waals surface area (Å²) in [6.07, 6.45) is 0. The zero-order valence-electron chi connectivity index (χ0n) is 13.1. The highest BCUT2D eigenvalue weighted by Gasteiger charge is 2.26. The maximum atomic E-state index is 13.5. The van der Waals surface area contributed by atoms with Gasteiger partial charge >= 0.3 is 0 Å². The first-order valence-electron chi connectivity index (χ1n) is 7.55. The molecule has 128 valence electrons. The van der Waals surface area contributed by atoms with Crippen molar-refractivity contribution >= 4 is 27.3 Å². The molecule has 0 spiro atoms. The number of anilines is 1. The fraction of sp³-hybridized carbons (Fsp3) is 0.0526. The Labute approximate surface area is 151 Å². The number of benzene rings is 3. The van der Waals surface area contributed by atoms with Crippen LogP contribution < -0.4 is 4.31 Å². The Balaban J connectivity index is 2.11. The maximum Gasteiger partial charge on any atom is 0.264 e. The van der Waals surface area contributed by atoms with Crippen molar-refractivity contribution in [1.82, 2.24) is 0 Å². The van der Waals surface area contributed by atoms with Gasteiger partial charge in [0, 0.05) is 0 Å². The summed E-state index contributed by atoms with van der Waals surface area (Å²) in [5.41, 5.74) is 0.872. The number of nitrogens with zero attached hydrogens (tertiary/aromatic N) is 1. The molecule has 0 heterocycles. The van der Waals surface area contributed by atoms with Gasteiger partial charge in [-0.15, -0.1) is 0 Å². The van der Waals surface area contributed by atoms with Crippen LogP contribution in [0.25, 0.3) is 0 Å². The molecule has 0 saturated heterocycles. The lowest BCUT2D eigenvalue weighted by atomic mass is 10.2. The Hall–Kier alpha value is -2.37. The normalized spacial score (nSPS) is 11.3. The van der Waals surface area contributed by atoms with Crippen LogP contribution in [0.3, 0.4) is 0 Å². The van der Waals surface area contributed by atoms with Crippen molar-refractivity contribution in [3.63, 3.8) is 0 Å². The summed E-state index contributed by atoms with van der Waals surface area (Å²) in [6, 6.07) is 20.6. The third-order valence-electron chi connectivity index (χ3n) is 3.67. The Morgan fingerprint density at radius 2 is 1.56 bits per heavy atom. The van der Waals surface area contributed by atoms with Gasteiger partial charge in [-0.1, -0.05) is 54.1 Å². The van der Waals surface area contributed by atoms with Crippen molar-refractivity contribution in [2.45, 2.75) is 11.4 Å². The van der Waals surface area contributed by atoms with Gasteiger partial charge in [0.1, 0.15) is 5.82 Å². The molecule has 3 rings (SSSR count). The van der Waals surface area contributed by atoms with Gasteiger partial charge in [0.15, 0.2) is 0 Å². The van der Waals surface area contributed by atoms with Crippen molar-refractivity contribution in [1.29, 1.82) is 0 Å². The summed E-state index contributed by atoms with van der Waals surface area (Å²) in [6.45, 7) is -0.0290. The van der Waals surface area contributed by atoms with Gasteiger partial charge in [-0.25, -0.2) is 12.8 Å². The van der Waals surface area contributed by atoms with E-state index in [0.717, 1.165) is 0 Å². The van der Waals surface area contributed by atoms with Gasteiger partial charge in [-0.3, -0.25) is 4.31 Å². The maximum absolute atomic E-state index is 13.5. The number of sulfonamides is 1. The van der Waals surface area contributed by atoms with E-state index in [1.165, 1.54) is 28.6 Å². The lowest BCUT2D eigenvalue weighted by molar-refractivity contribution is 0.589. The first kappa shape index (κ1) is 17.5. The van der Waals surface area contributed by atoms with Crippen molar-refractivity contribution in [2.24, 2.45) is 0 Å². The zero-order valence-corrected chi connectivity index (χ0v) is 14.7. The standard InChI is InChI=1S/C19H15ClFNO2S/c20-18-11-4-5-12-19(18)22(14-15-7-6-8-16(21)13-15)25(23,24)17-9-2-1-3-10-17/h1-13H,14H2. The smallest absolute Gasteiger partial charge is 0.260 e. The average molecular weight is 376 g/mol. The minimum absolute atomic E-state index is 0.0290. The molecule has 0 aliphatic carbocycles. The second-order valence-electron chi connectivity index (χ2n) is 5.41. The van der Waals surface area contributed by atoms with E-state index in [4.69, 9.17) is 11.6 Å². The average Bonchev–Trinajstić information content (AvgIpc) is 2.61. The van der Waals surface area contributed by atoms with Crippen LogP contribution in [0.4, 0.5) is 10.1 Å². The first-order chi connectivity index (χ1) is 12.0. The number of rotatable bonds is 5. The number of para-hydroxylation sites is 1. The van der Waals surface area contributed by atoms with Crippen LogP contribution in [-0.4, -0.2) is 8.42 Å². The van der Waals surface area contributed by atoms with Gasteiger partial charge in [-0.2, -0.15) is 0 Å². The molecular weight excluding hydrogens is 361 g/mol. The van der Waals surface area contributed by atoms with Crippen molar-refractivity contribution in [3.8, 4) is 0 Å². The molecule has 3 aromatic rings. The third kappa shape index (κ3) is 3.83. The quantitative estimate of drug-likeness (QED) is 0.637. The molecule has 6 heteroatoms. The molecule has 0 aliphatic heterocycles.